The number of anilines is 1. The number of nitrogens with one attached hydrogen (secondary N) is 1. The van der Waals surface area contributed by atoms with E-state index in [4.69, 9.17) is 0 Å². The zero-order valence-electron chi connectivity index (χ0n) is 10.2. The van der Waals surface area contributed by atoms with Crippen LogP contribution >= 0.6 is 11.3 Å². The number of amides is 1. The highest BCUT2D eigenvalue weighted by Gasteiger charge is 2.13. The molecular weight excluding hydrogens is 274 g/mol. The molecule has 0 aromatic carbocycles. The fraction of sp³-hybridized carbons (Fsp3) is 0. The number of carbonyl (C=O) groups excluding carboxylic acids is 1. The third-order valence-electron chi connectivity index (χ3n) is 2.43. The lowest BCUT2D eigenvalue weighted by Crippen LogP contribution is -2.12. The molecule has 0 atom stereocenters. The Balaban J connectivity index is 1.79. The second-order valence-electron chi connectivity index (χ2n) is 3.80. The molecule has 0 aliphatic heterocycles. The summed E-state index contributed by atoms with van der Waals surface area (Å²) in [5, 5.41) is 5.05. The van der Waals surface area contributed by atoms with Crippen LogP contribution in [0.3, 0.4) is 0 Å². The van der Waals surface area contributed by atoms with Gasteiger partial charge in [0.2, 0.25) is 0 Å². The Morgan fingerprint density at radius 2 is 1.85 bits per heavy atom. The van der Waals surface area contributed by atoms with E-state index in [1.807, 2.05) is 0 Å². The van der Waals surface area contributed by atoms with E-state index < -0.39 is 0 Å². The molecule has 3 heterocycles. The monoisotopic (exact) mass is 283 g/mol. The van der Waals surface area contributed by atoms with E-state index >= 15 is 0 Å². The van der Waals surface area contributed by atoms with E-state index in [9.17, 15) is 4.79 Å². The standard InChI is InChI=1S/C13H9N5OS/c19-12(17-9-2-6-14-7-3-9)10-8-20-13(18-10)11-15-4-1-5-16-11/h1-8H,(H,14,17,19). The largest absolute Gasteiger partial charge is 0.321 e. The van der Waals surface area contributed by atoms with Crippen molar-refractivity contribution in [2.45, 2.75) is 0 Å². The van der Waals surface area contributed by atoms with Crippen molar-refractivity contribution in [2.75, 3.05) is 5.32 Å². The van der Waals surface area contributed by atoms with Gasteiger partial charge in [-0.05, 0) is 18.2 Å². The van der Waals surface area contributed by atoms with Gasteiger partial charge in [-0.3, -0.25) is 9.78 Å². The Hall–Kier alpha value is -2.67. The summed E-state index contributed by atoms with van der Waals surface area (Å²) in [6.07, 6.45) is 6.50. The number of aromatic nitrogens is 4. The molecule has 20 heavy (non-hydrogen) atoms. The van der Waals surface area contributed by atoms with Gasteiger partial charge in [-0.25, -0.2) is 15.0 Å². The van der Waals surface area contributed by atoms with Gasteiger partial charge < -0.3 is 5.32 Å². The first-order valence-corrected chi connectivity index (χ1v) is 6.65. The summed E-state index contributed by atoms with van der Waals surface area (Å²) < 4.78 is 0. The number of hydrogen-bond donors (Lipinski definition) is 1. The predicted molar refractivity (Wildman–Crippen MR) is 75.3 cm³/mol. The number of carbonyl (C=O) groups is 1. The second-order valence-corrected chi connectivity index (χ2v) is 4.66. The molecule has 7 heteroatoms. The Morgan fingerprint density at radius 1 is 1.10 bits per heavy atom. The van der Waals surface area contributed by atoms with Gasteiger partial charge in [-0.15, -0.1) is 11.3 Å². The van der Waals surface area contributed by atoms with Crippen molar-refractivity contribution in [2.24, 2.45) is 0 Å². The molecule has 0 saturated heterocycles. The number of thiazole rings is 1. The van der Waals surface area contributed by atoms with Crippen molar-refractivity contribution >= 4 is 22.9 Å². The summed E-state index contributed by atoms with van der Waals surface area (Å²) in [7, 11) is 0. The van der Waals surface area contributed by atoms with Gasteiger partial charge in [0.05, 0.1) is 0 Å². The molecule has 3 aromatic rings. The van der Waals surface area contributed by atoms with E-state index in [0.29, 0.717) is 22.2 Å². The van der Waals surface area contributed by atoms with Crippen molar-refractivity contribution in [3.63, 3.8) is 0 Å². The normalized spacial score (nSPS) is 10.2. The van der Waals surface area contributed by atoms with Crippen LogP contribution in [0.1, 0.15) is 10.5 Å². The van der Waals surface area contributed by atoms with E-state index in [-0.39, 0.29) is 5.91 Å². The van der Waals surface area contributed by atoms with E-state index in [0.717, 1.165) is 0 Å². The van der Waals surface area contributed by atoms with Crippen LogP contribution in [0.2, 0.25) is 0 Å². The molecule has 0 aliphatic carbocycles. The summed E-state index contributed by atoms with van der Waals surface area (Å²) in [6.45, 7) is 0. The maximum absolute atomic E-state index is 12.0. The fourth-order valence-electron chi connectivity index (χ4n) is 1.52. The smallest absolute Gasteiger partial charge is 0.275 e. The van der Waals surface area contributed by atoms with Gasteiger partial charge in [0, 0.05) is 35.9 Å². The molecule has 0 radical (unpaired) electrons. The van der Waals surface area contributed by atoms with E-state index in [1.54, 1.807) is 48.4 Å². The highest BCUT2D eigenvalue weighted by atomic mass is 32.1. The van der Waals surface area contributed by atoms with Crippen LogP contribution in [-0.2, 0) is 0 Å². The molecule has 0 unspecified atom stereocenters. The van der Waals surface area contributed by atoms with Gasteiger partial charge in [-0.2, -0.15) is 0 Å². The van der Waals surface area contributed by atoms with Crippen molar-refractivity contribution in [1.82, 2.24) is 19.9 Å². The van der Waals surface area contributed by atoms with E-state index in [1.165, 1.54) is 11.3 Å². The zero-order valence-corrected chi connectivity index (χ0v) is 11.0. The lowest BCUT2D eigenvalue weighted by atomic mass is 10.3. The van der Waals surface area contributed by atoms with Crippen molar-refractivity contribution in [3.05, 3.63) is 54.1 Å². The summed E-state index contributed by atoms with van der Waals surface area (Å²) in [5.74, 6) is 0.245. The maximum atomic E-state index is 12.0. The van der Waals surface area contributed by atoms with Crippen LogP contribution in [0, 0.1) is 0 Å². The minimum absolute atomic E-state index is 0.269. The summed E-state index contributed by atoms with van der Waals surface area (Å²) in [6, 6.07) is 5.16. The van der Waals surface area contributed by atoms with Crippen LogP contribution in [0.25, 0.3) is 10.8 Å². The number of nitrogens with zero attached hydrogens (tertiary/aromatic N) is 4. The first-order chi connectivity index (χ1) is 9.83. The van der Waals surface area contributed by atoms with Crippen molar-refractivity contribution < 1.29 is 4.79 Å². The molecule has 98 valence electrons. The van der Waals surface area contributed by atoms with Crippen molar-refractivity contribution in [1.29, 1.82) is 0 Å². The lowest BCUT2D eigenvalue weighted by Gasteiger charge is -2.01. The molecule has 1 N–H and O–H groups in total. The second kappa shape index (κ2) is 5.54. The van der Waals surface area contributed by atoms with Crippen LogP contribution in [0.5, 0.6) is 0 Å². The average Bonchev–Trinajstić information content (AvgIpc) is 2.99. The highest BCUT2D eigenvalue weighted by Crippen LogP contribution is 2.20. The Labute approximate surface area is 118 Å². The fourth-order valence-corrected chi connectivity index (χ4v) is 2.27. The van der Waals surface area contributed by atoms with E-state index in [2.05, 4.69) is 25.3 Å². The molecule has 3 rings (SSSR count). The SMILES string of the molecule is O=C(Nc1ccncc1)c1csc(-c2ncccn2)n1. The molecular formula is C13H9N5OS. The van der Waals surface area contributed by atoms with Gasteiger partial charge in [0.25, 0.3) is 5.91 Å². The third-order valence-corrected chi connectivity index (χ3v) is 3.27. The highest BCUT2D eigenvalue weighted by molar-refractivity contribution is 7.13. The number of hydrogen-bond acceptors (Lipinski definition) is 6. The van der Waals surface area contributed by atoms with Crippen LogP contribution in [0.15, 0.2) is 48.4 Å². The quantitative estimate of drug-likeness (QED) is 0.797. The molecule has 6 nitrogen and oxygen atoms in total. The first-order valence-electron chi connectivity index (χ1n) is 5.77. The zero-order chi connectivity index (χ0) is 13.8. The van der Waals surface area contributed by atoms with Crippen LogP contribution in [0.4, 0.5) is 5.69 Å². The Morgan fingerprint density at radius 3 is 2.60 bits per heavy atom. The Kier molecular flexibility index (Phi) is 3.42. The Bertz CT molecular complexity index is 714. The average molecular weight is 283 g/mol. The van der Waals surface area contributed by atoms with Gasteiger partial charge in [0.1, 0.15) is 5.69 Å². The molecule has 0 bridgehead atoms. The molecule has 0 fully saturated rings. The summed E-state index contributed by atoms with van der Waals surface area (Å²) >= 11 is 1.33. The number of rotatable bonds is 3. The molecule has 0 spiro atoms. The first kappa shape index (κ1) is 12.4. The minimum atomic E-state index is -0.269. The minimum Gasteiger partial charge on any atom is -0.321 e. The van der Waals surface area contributed by atoms with Crippen LogP contribution in [-0.4, -0.2) is 25.8 Å². The topological polar surface area (TPSA) is 80.7 Å². The van der Waals surface area contributed by atoms with Crippen molar-refractivity contribution in [3.8, 4) is 10.8 Å². The van der Waals surface area contributed by atoms with Gasteiger partial charge >= 0.3 is 0 Å². The van der Waals surface area contributed by atoms with Crippen LogP contribution < -0.4 is 5.32 Å². The maximum Gasteiger partial charge on any atom is 0.275 e. The molecule has 0 saturated carbocycles. The van der Waals surface area contributed by atoms with Gasteiger partial charge in [-0.1, -0.05) is 0 Å². The predicted octanol–water partition coefficient (Wildman–Crippen LogP) is 2.25. The lowest BCUT2D eigenvalue weighted by molar-refractivity contribution is 0.102. The molecule has 3 aromatic heterocycles. The number of pyridine rings is 1. The van der Waals surface area contributed by atoms with Gasteiger partial charge in [0.15, 0.2) is 10.8 Å². The molecule has 0 aliphatic rings. The summed E-state index contributed by atoms with van der Waals surface area (Å²) in [4.78, 5) is 28.4. The third kappa shape index (κ3) is 2.67. The molecule has 1 amide bonds. The summed E-state index contributed by atoms with van der Waals surface area (Å²) in [5.41, 5.74) is 1.02.